The number of nitrogens with zero attached hydrogens (tertiary/aromatic N) is 1. The molecule has 0 saturated carbocycles. The lowest BCUT2D eigenvalue weighted by Crippen LogP contribution is -2.24. The fraction of sp³-hybridized carbons (Fsp3) is 0.417. The van der Waals surface area contributed by atoms with E-state index in [2.05, 4.69) is 43.0 Å². The quantitative estimate of drug-likeness (QED) is 0.828. The van der Waals surface area contributed by atoms with E-state index in [-0.39, 0.29) is 0 Å². The fourth-order valence-corrected chi connectivity index (χ4v) is 2.68. The average molecular weight is 220 g/mol. The van der Waals surface area contributed by atoms with Gasteiger partial charge in [-0.25, -0.2) is 0 Å². The molecule has 0 unspecified atom stereocenters. The molecule has 0 amide bonds. The van der Waals surface area contributed by atoms with E-state index in [0.717, 1.165) is 12.3 Å². The fourth-order valence-electron chi connectivity index (χ4n) is 1.86. The molecule has 0 spiro atoms. The number of hydrogen-bond donors (Lipinski definition) is 1. The normalized spacial score (nSPS) is 16.5. The zero-order chi connectivity index (χ0) is 10.8. The van der Waals surface area contributed by atoms with Gasteiger partial charge in [-0.15, -0.1) is 0 Å². The molecular weight excluding hydrogens is 204 g/mol. The van der Waals surface area contributed by atoms with E-state index in [4.69, 9.17) is 5.41 Å². The number of rotatable bonds is 2. The third-order valence-electron chi connectivity index (χ3n) is 2.65. The van der Waals surface area contributed by atoms with Gasteiger partial charge in [0.15, 0.2) is 5.17 Å². The highest BCUT2D eigenvalue weighted by molar-refractivity contribution is 8.14. The van der Waals surface area contributed by atoms with Gasteiger partial charge in [0.1, 0.15) is 0 Å². The number of hydrogen-bond acceptors (Lipinski definition) is 2. The van der Waals surface area contributed by atoms with E-state index in [9.17, 15) is 0 Å². The molecule has 1 N–H and O–H groups in total. The molecule has 3 heteroatoms. The predicted octanol–water partition coefficient (Wildman–Crippen LogP) is 3.30. The van der Waals surface area contributed by atoms with Crippen LogP contribution in [0.3, 0.4) is 0 Å². The lowest BCUT2D eigenvalue weighted by atomic mass is 10.0. The third kappa shape index (κ3) is 2.02. The molecule has 80 valence electrons. The van der Waals surface area contributed by atoms with E-state index in [1.54, 1.807) is 11.8 Å². The van der Waals surface area contributed by atoms with Gasteiger partial charge in [-0.3, -0.25) is 5.41 Å². The van der Waals surface area contributed by atoms with Gasteiger partial charge in [0.05, 0.1) is 0 Å². The SMILES string of the molecule is CC(C)c1ccccc1N1CCSC1=N. The Kier molecular flexibility index (Phi) is 3.00. The van der Waals surface area contributed by atoms with Crippen molar-refractivity contribution in [2.45, 2.75) is 19.8 Å². The highest BCUT2D eigenvalue weighted by atomic mass is 32.2. The van der Waals surface area contributed by atoms with Gasteiger partial charge in [-0.05, 0) is 17.5 Å². The summed E-state index contributed by atoms with van der Waals surface area (Å²) in [6, 6.07) is 8.41. The first-order valence-corrected chi connectivity index (χ1v) is 6.26. The molecule has 0 aromatic heterocycles. The minimum absolute atomic E-state index is 0.514. The molecule has 0 aliphatic carbocycles. The third-order valence-corrected chi connectivity index (χ3v) is 3.53. The Morgan fingerprint density at radius 3 is 2.67 bits per heavy atom. The van der Waals surface area contributed by atoms with Crippen molar-refractivity contribution >= 4 is 22.6 Å². The number of para-hydroxylation sites is 1. The summed E-state index contributed by atoms with van der Waals surface area (Å²) in [6.45, 7) is 5.37. The van der Waals surface area contributed by atoms with Crippen LogP contribution in [0.25, 0.3) is 0 Å². The zero-order valence-electron chi connectivity index (χ0n) is 9.16. The van der Waals surface area contributed by atoms with E-state index in [0.29, 0.717) is 11.1 Å². The lowest BCUT2D eigenvalue weighted by molar-refractivity contribution is 0.860. The summed E-state index contributed by atoms with van der Waals surface area (Å²) in [6.07, 6.45) is 0. The molecule has 1 aromatic carbocycles. The molecule has 1 fully saturated rings. The standard InChI is InChI=1S/C12H16N2S/c1-9(2)10-5-3-4-6-11(10)14-7-8-15-12(14)13/h3-6,9,13H,7-8H2,1-2H3. The van der Waals surface area contributed by atoms with Crippen molar-refractivity contribution in [1.82, 2.24) is 0 Å². The van der Waals surface area contributed by atoms with Gasteiger partial charge in [-0.2, -0.15) is 0 Å². The maximum absolute atomic E-state index is 7.87. The number of thioether (sulfide) groups is 1. The van der Waals surface area contributed by atoms with Crippen molar-refractivity contribution in [2.75, 3.05) is 17.2 Å². The molecule has 2 rings (SSSR count). The van der Waals surface area contributed by atoms with Gasteiger partial charge in [0, 0.05) is 18.0 Å². The molecule has 0 bridgehead atoms. The summed E-state index contributed by atoms with van der Waals surface area (Å²) >= 11 is 1.63. The van der Waals surface area contributed by atoms with Crippen LogP contribution in [0.4, 0.5) is 5.69 Å². The number of benzene rings is 1. The van der Waals surface area contributed by atoms with Gasteiger partial charge in [0.25, 0.3) is 0 Å². The van der Waals surface area contributed by atoms with Crippen LogP contribution >= 0.6 is 11.8 Å². The minimum atomic E-state index is 0.514. The van der Waals surface area contributed by atoms with Crippen LogP contribution in [0.2, 0.25) is 0 Å². The summed E-state index contributed by atoms with van der Waals surface area (Å²) in [5, 5.41) is 8.55. The Morgan fingerprint density at radius 1 is 1.33 bits per heavy atom. The van der Waals surface area contributed by atoms with Crippen LogP contribution < -0.4 is 4.90 Å². The Bertz CT molecular complexity index is 374. The second-order valence-electron chi connectivity index (χ2n) is 4.02. The van der Waals surface area contributed by atoms with E-state index in [1.165, 1.54) is 11.3 Å². The van der Waals surface area contributed by atoms with Gasteiger partial charge in [-0.1, -0.05) is 43.8 Å². The van der Waals surface area contributed by atoms with Gasteiger partial charge >= 0.3 is 0 Å². The van der Waals surface area contributed by atoms with Crippen molar-refractivity contribution in [3.63, 3.8) is 0 Å². The van der Waals surface area contributed by atoms with Crippen molar-refractivity contribution in [3.8, 4) is 0 Å². The van der Waals surface area contributed by atoms with Gasteiger partial charge in [0.2, 0.25) is 0 Å². The van der Waals surface area contributed by atoms with Crippen LogP contribution in [-0.2, 0) is 0 Å². The highest BCUT2D eigenvalue weighted by Gasteiger charge is 2.21. The largest absolute Gasteiger partial charge is 0.320 e. The van der Waals surface area contributed by atoms with Crippen LogP contribution in [0.1, 0.15) is 25.3 Å². The zero-order valence-corrected chi connectivity index (χ0v) is 9.97. The van der Waals surface area contributed by atoms with Crippen LogP contribution in [-0.4, -0.2) is 17.5 Å². The Hall–Kier alpha value is -0.960. The Morgan fingerprint density at radius 2 is 2.07 bits per heavy atom. The Balaban J connectivity index is 2.38. The monoisotopic (exact) mass is 220 g/mol. The summed E-state index contributed by atoms with van der Waals surface area (Å²) in [5.41, 5.74) is 2.55. The molecular formula is C12H16N2S. The smallest absolute Gasteiger partial charge is 0.160 e. The molecule has 1 aliphatic heterocycles. The molecule has 1 aromatic rings. The molecule has 15 heavy (non-hydrogen) atoms. The summed E-state index contributed by atoms with van der Waals surface area (Å²) in [7, 11) is 0. The summed E-state index contributed by atoms with van der Waals surface area (Å²) in [4.78, 5) is 2.11. The first-order valence-electron chi connectivity index (χ1n) is 5.28. The Labute approximate surface area is 95.2 Å². The molecule has 0 radical (unpaired) electrons. The topological polar surface area (TPSA) is 27.1 Å². The summed E-state index contributed by atoms with van der Waals surface area (Å²) in [5.74, 6) is 1.55. The van der Waals surface area contributed by atoms with Crippen LogP contribution in [0.15, 0.2) is 24.3 Å². The lowest BCUT2D eigenvalue weighted by Gasteiger charge is -2.22. The van der Waals surface area contributed by atoms with Gasteiger partial charge < -0.3 is 4.90 Å². The first kappa shape index (κ1) is 10.6. The van der Waals surface area contributed by atoms with E-state index < -0.39 is 0 Å². The molecule has 1 saturated heterocycles. The van der Waals surface area contributed by atoms with Crippen LogP contribution in [0.5, 0.6) is 0 Å². The maximum atomic E-state index is 7.87. The molecule has 1 heterocycles. The maximum Gasteiger partial charge on any atom is 0.160 e. The number of amidine groups is 1. The van der Waals surface area contributed by atoms with Crippen molar-refractivity contribution in [2.24, 2.45) is 0 Å². The second kappa shape index (κ2) is 4.27. The number of anilines is 1. The predicted molar refractivity (Wildman–Crippen MR) is 68.1 cm³/mol. The molecule has 2 nitrogen and oxygen atoms in total. The summed E-state index contributed by atoms with van der Waals surface area (Å²) < 4.78 is 0. The van der Waals surface area contributed by atoms with Crippen molar-refractivity contribution in [3.05, 3.63) is 29.8 Å². The first-order chi connectivity index (χ1) is 7.20. The van der Waals surface area contributed by atoms with E-state index >= 15 is 0 Å². The van der Waals surface area contributed by atoms with E-state index in [1.807, 2.05) is 0 Å². The average Bonchev–Trinajstić information content (AvgIpc) is 2.64. The van der Waals surface area contributed by atoms with Crippen molar-refractivity contribution < 1.29 is 0 Å². The van der Waals surface area contributed by atoms with Crippen LogP contribution in [0, 0.1) is 5.41 Å². The van der Waals surface area contributed by atoms with Crippen molar-refractivity contribution in [1.29, 1.82) is 5.41 Å². The second-order valence-corrected chi connectivity index (χ2v) is 5.10. The number of nitrogens with one attached hydrogen (secondary N) is 1. The highest BCUT2D eigenvalue weighted by Crippen LogP contribution is 2.31. The minimum Gasteiger partial charge on any atom is -0.320 e. The molecule has 1 aliphatic rings. The molecule has 0 atom stereocenters.